The Labute approximate surface area is 247 Å². The summed E-state index contributed by atoms with van der Waals surface area (Å²) in [6.45, 7) is 1.30. The summed E-state index contributed by atoms with van der Waals surface area (Å²) < 4.78 is 0. The first-order valence-corrected chi connectivity index (χ1v) is 13.8. The van der Waals surface area contributed by atoms with E-state index in [0.29, 0.717) is 11.3 Å². The van der Waals surface area contributed by atoms with Crippen LogP contribution < -0.4 is 21.7 Å². The molecule has 9 N–H and O–H groups in total. The first-order chi connectivity index (χ1) is 20.6. The van der Waals surface area contributed by atoms with Gasteiger partial charge in [0.2, 0.25) is 17.7 Å². The summed E-state index contributed by atoms with van der Waals surface area (Å²) in [7, 11) is 0. The van der Waals surface area contributed by atoms with Crippen molar-refractivity contribution >= 4 is 34.6 Å². The fourth-order valence-corrected chi connectivity index (χ4v) is 4.70. The molecule has 5 atom stereocenters. The maximum absolute atomic E-state index is 13.6. The van der Waals surface area contributed by atoms with Gasteiger partial charge in [0.15, 0.2) is 0 Å². The minimum Gasteiger partial charge on any atom is -0.480 e. The monoisotopic (exact) mass is 589 g/mol. The van der Waals surface area contributed by atoms with Gasteiger partial charge in [0, 0.05) is 48.3 Å². The molecule has 13 heteroatoms. The number of nitrogens with one attached hydrogen (secondary N) is 5. The Kier molecular flexibility index (Phi) is 10.3. The molecule has 0 bridgehead atoms. The molecule has 0 aliphatic rings. The largest absolute Gasteiger partial charge is 0.480 e. The Morgan fingerprint density at radius 3 is 2.23 bits per heavy atom. The van der Waals surface area contributed by atoms with Gasteiger partial charge in [0.05, 0.1) is 18.5 Å². The number of hydrogen-bond donors (Lipinski definition) is 8. The number of rotatable bonds is 14. The van der Waals surface area contributed by atoms with Crippen molar-refractivity contribution in [3.05, 3.63) is 90.1 Å². The highest BCUT2D eigenvalue weighted by Gasteiger charge is 2.33. The zero-order valence-corrected chi connectivity index (χ0v) is 23.5. The predicted octanol–water partition coefficient (Wildman–Crippen LogP) is 0.166. The van der Waals surface area contributed by atoms with Crippen molar-refractivity contribution in [2.75, 3.05) is 0 Å². The van der Waals surface area contributed by atoms with Gasteiger partial charge in [-0.2, -0.15) is 0 Å². The van der Waals surface area contributed by atoms with E-state index in [0.717, 1.165) is 16.5 Å². The van der Waals surface area contributed by atoms with Crippen LogP contribution in [0.5, 0.6) is 0 Å². The Bertz CT molecular complexity index is 1540. The van der Waals surface area contributed by atoms with E-state index in [1.807, 2.05) is 24.3 Å². The number of nitrogens with zero attached hydrogens (tertiary/aromatic N) is 1. The van der Waals surface area contributed by atoms with Crippen molar-refractivity contribution in [3.63, 3.8) is 0 Å². The molecular weight excluding hydrogens is 554 g/mol. The Morgan fingerprint density at radius 2 is 1.56 bits per heavy atom. The van der Waals surface area contributed by atoms with Crippen LogP contribution >= 0.6 is 0 Å². The maximum Gasteiger partial charge on any atom is 0.326 e. The minimum atomic E-state index is -1.51. The van der Waals surface area contributed by atoms with E-state index in [2.05, 4.69) is 30.9 Å². The van der Waals surface area contributed by atoms with Crippen molar-refractivity contribution in [1.82, 2.24) is 30.9 Å². The van der Waals surface area contributed by atoms with Crippen molar-refractivity contribution in [2.45, 2.75) is 56.5 Å². The molecule has 0 fully saturated rings. The summed E-state index contributed by atoms with van der Waals surface area (Å²) in [5.74, 6) is -3.53. The SMILES string of the molecule is CC(O)C(NC(=O)C(Cc1c[nH]c2ccccc12)NC(=O)C(N)Cc1cnc[nH]1)C(=O)NC(Cc1ccccc1)C(=O)O. The molecule has 4 aromatic rings. The number of imidazole rings is 1. The molecule has 0 spiro atoms. The number of carboxylic acid groups (broad SMARTS) is 1. The Hall–Kier alpha value is -5.01. The van der Waals surface area contributed by atoms with E-state index in [1.165, 1.54) is 19.4 Å². The van der Waals surface area contributed by atoms with Gasteiger partial charge in [-0.25, -0.2) is 9.78 Å². The Morgan fingerprint density at radius 1 is 0.860 bits per heavy atom. The summed E-state index contributed by atoms with van der Waals surface area (Å²) in [6.07, 6.45) is 3.52. The third-order valence-electron chi connectivity index (χ3n) is 7.02. The number of fused-ring (bicyclic) bond motifs is 1. The fourth-order valence-electron chi connectivity index (χ4n) is 4.70. The van der Waals surface area contributed by atoms with Crippen LogP contribution in [0.2, 0.25) is 0 Å². The maximum atomic E-state index is 13.6. The first kappa shape index (κ1) is 30.9. The van der Waals surface area contributed by atoms with Crippen LogP contribution in [0.3, 0.4) is 0 Å². The number of para-hydroxylation sites is 1. The van der Waals surface area contributed by atoms with Gasteiger partial charge in [0.25, 0.3) is 0 Å². The second-order valence-electron chi connectivity index (χ2n) is 10.3. The van der Waals surface area contributed by atoms with Crippen LogP contribution in [0.25, 0.3) is 10.9 Å². The second kappa shape index (κ2) is 14.2. The van der Waals surface area contributed by atoms with Crippen LogP contribution in [0.1, 0.15) is 23.7 Å². The number of carbonyl (C=O) groups is 4. The molecule has 4 rings (SSSR count). The molecule has 0 aliphatic carbocycles. The molecule has 43 heavy (non-hydrogen) atoms. The van der Waals surface area contributed by atoms with E-state index in [9.17, 15) is 29.4 Å². The number of carboxylic acids is 1. The number of aromatic amines is 2. The summed E-state index contributed by atoms with van der Waals surface area (Å²) in [6, 6.07) is 11.2. The van der Waals surface area contributed by atoms with Gasteiger partial charge in [-0.3, -0.25) is 14.4 Å². The third-order valence-corrected chi connectivity index (χ3v) is 7.02. The van der Waals surface area contributed by atoms with Gasteiger partial charge in [-0.1, -0.05) is 48.5 Å². The van der Waals surface area contributed by atoms with Crippen molar-refractivity contribution in [3.8, 4) is 0 Å². The summed E-state index contributed by atoms with van der Waals surface area (Å²) >= 11 is 0. The lowest BCUT2D eigenvalue weighted by molar-refractivity contribution is -0.143. The van der Waals surface area contributed by atoms with Crippen molar-refractivity contribution in [1.29, 1.82) is 0 Å². The zero-order valence-electron chi connectivity index (χ0n) is 23.5. The standard InChI is InChI=1S/C30H35N7O6/c1-17(38)26(29(41)36-25(30(42)43)11-18-7-3-2-4-8-18)37-28(40)24(12-19-14-33-23-10-6-5-9-21(19)23)35-27(39)22(31)13-20-15-32-16-34-20/h2-10,14-17,22,24-26,33,38H,11-13,31H2,1H3,(H,32,34)(H,35,39)(H,36,41)(H,37,40)(H,42,43). The molecule has 13 nitrogen and oxygen atoms in total. The summed E-state index contributed by atoms with van der Waals surface area (Å²) in [5.41, 5.74) is 8.98. The van der Waals surface area contributed by atoms with Crippen LogP contribution in [0.15, 0.2) is 73.3 Å². The lowest BCUT2D eigenvalue weighted by Crippen LogP contribution is -2.60. The molecule has 3 amide bonds. The molecule has 2 aromatic heterocycles. The quantitative estimate of drug-likeness (QED) is 0.101. The number of aliphatic hydroxyl groups excluding tert-OH is 1. The number of benzene rings is 2. The first-order valence-electron chi connectivity index (χ1n) is 13.8. The van der Waals surface area contributed by atoms with E-state index in [4.69, 9.17) is 5.73 Å². The highest BCUT2D eigenvalue weighted by atomic mass is 16.4. The second-order valence-corrected chi connectivity index (χ2v) is 10.3. The van der Waals surface area contributed by atoms with E-state index in [-0.39, 0.29) is 19.3 Å². The molecule has 2 aromatic carbocycles. The number of amides is 3. The number of hydrogen-bond acceptors (Lipinski definition) is 7. The van der Waals surface area contributed by atoms with Crippen LogP contribution in [0.4, 0.5) is 0 Å². The van der Waals surface area contributed by atoms with Crippen molar-refractivity contribution in [2.24, 2.45) is 5.73 Å². The Balaban J connectivity index is 1.51. The molecule has 0 saturated heterocycles. The van der Waals surface area contributed by atoms with Crippen molar-refractivity contribution < 1.29 is 29.4 Å². The predicted molar refractivity (Wildman–Crippen MR) is 158 cm³/mol. The molecule has 5 unspecified atom stereocenters. The average Bonchev–Trinajstić information content (AvgIpc) is 3.65. The summed E-state index contributed by atoms with van der Waals surface area (Å²) in [4.78, 5) is 61.7. The topological polar surface area (TPSA) is 215 Å². The van der Waals surface area contributed by atoms with Gasteiger partial charge in [0.1, 0.15) is 18.1 Å². The molecule has 2 heterocycles. The molecule has 0 aliphatic heterocycles. The van der Waals surface area contributed by atoms with E-state index in [1.54, 1.807) is 36.5 Å². The third kappa shape index (κ3) is 8.27. The number of aliphatic hydroxyl groups is 1. The summed E-state index contributed by atoms with van der Waals surface area (Å²) in [5, 5.41) is 28.6. The van der Waals surface area contributed by atoms with Gasteiger partial charge in [-0.15, -0.1) is 0 Å². The van der Waals surface area contributed by atoms with Crippen LogP contribution in [0, 0.1) is 0 Å². The number of H-pyrrole nitrogens is 2. The van der Waals surface area contributed by atoms with E-state index < -0.39 is 54.0 Å². The van der Waals surface area contributed by atoms with Gasteiger partial charge >= 0.3 is 5.97 Å². The number of aliphatic carboxylic acids is 1. The smallest absolute Gasteiger partial charge is 0.326 e. The molecule has 0 radical (unpaired) electrons. The van der Waals surface area contributed by atoms with Gasteiger partial charge in [-0.05, 0) is 24.1 Å². The fraction of sp³-hybridized carbons (Fsp3) is 0.300. The average molecular weight is 590 g/mol. The normalized spacial score (nSPS) is 14.7. The molecule has 0 saturated carbocycles. The molecular formula is C30H35N7O6. The van der Waals surface area contributed by atoms with Crippen LogP contribution in [-0.4, -0.2) is 79.1 Å². The molecule has 226 valence electrons. The number of aromatic nitrogens is 3. The highest BCUT2D eigenvalue weighted by Crippen LogP contribution is 2.19. The lowest BCUT2D eigenvalue weighted by atomic mass is 10.0. The minimum absolute atomic E-state index is 0.00411. The van der Waals surface area contributed by atoms with E-state index >= 15 is 0 Å². The lowest BCUT2D eigenvalue weighted by Gasteiger charge is -2.26. The zero-order chi connectivity index (χ0) is 30.9. The van der Waals surface area contributed by atoms with Crippen LogP contribution in [-0.2, 0) is 38.4 Å². The highest BCUT2D eigenvalue weighted by molar-refractivity contribution is 5.95. The number of nitrogens with two attached hydrogens (primary N) is 1. The number of carbonyl (C=O) groups excluding carboxylic acids is 3. The van der Waals surface area contributed by atoms with Gasteiger partial charge < -0.3 is 41.9 Å².